The molecule has 0 aromatic heterocycles. The van der Waals surface area contributed by atoms with Gasteiger partial charge in [0.2, 0.25) is 0 Å². The maximum absolute atomic E-state index is 11.2. The van der Waals surface area contributed by atoms with Crippen LogP contribution in [0.3, 0.4) is 0 Å². The number of benzene rings is 2. The highest BCUT2D eigenvalue weighted by Crippen LogP contribution is 2.40. The molecule has 1 aliphatic rings. The van der Waals surface area contributed by atoms with Crippen molar-refractivity contribution in [2.75, 3.05) is 31.1 Å². The van der Waals surface area contributed by atoms with Gasteiger partial charge in [-0.2, -0.15) is 0 Å². The molecule has 1 heterocycles. The van der Waals surface area contributed by atoms with Crippen LogP contribution in [0.25, 0.3) is 0 Å². The lowest BCUT2D eigenvalue weighted by molar-refractivity contribution is -0.137. The molecular weight excluding hydrogens is 500 g/mol. The molecule has 0 atom stereocenters. The van der Waals surface area contributed by atoms with Crippen LogP contribution in [0.1, 0.15) is 25.3 Å². The fourth-order valence-electron chi connectivity index (χ4n) is 3.42. The Balaban J connectivity index is 0.000000521. The molecule has 2 aromatic carbocycles. The molecule has 9 nitrogen and oxygen atoms in total. The Labute approximate surface area is 221 Å². The van der Waals surface area contributed by atoms with Crippen molar-refractivity contribution in [3.63, 3.8) is 0 Å². The van der Waals surface area contributed by atoms with E-state index in [1.807, 2.05) is 36.4 Å². The van der Waals surface area contributed by atoms with Gasteiger partial charge in [0, 0.05) is 35.4 Å². The number of nitrogens with zero attached hydrogens (tertiary/aromatic N) is 1. The first-order valence-corrected chi connectivity index (χ1v) is 12.1. The topological polar surface area (TPSA) is 114 Å². The average Bonchev–Trinajstić information content (AvgIpc) is 3.03. The fraction of sp³-hybridized carbons (Fsp3) is 0.296. The second kappa shape index (κ2) is 16.8. The first-order valence-electron chi connectivity index (χ1n) is 11.8. The van der Waals surface area contributed by atoms with E-state index in [1.165, 1.54) is 6.08 Å². The molecule has 37 heavy (non-hydrogen) atoms. The van der Waals surface area contributed by atoms with Gasteiger partial charge in [0.15, 0.2) is 0 Å². The van der Waals surface area contributed by atoms with E-state index in [0.717, 1.165) is 59.9 Å². The van der Waals surface area contributed by atoms with E-state index in [1.54, 1.807) is 13.0 Å². The summed E-state index contributed by atoms with van der Waals surface area (Å²) in [7, 11) is 0. The molecule has 0 radical (unpaired) electrons. The molecule has 0 bridgehead atoms. The van der Waals surface area contributed by atoms with Gasteiger partial charge in [-0.15, -0.1) is 0 Å². The van der Waals surface area contributed by atoms with Crippen LogP contribution >= 0.6 is 11.6 Å². The van der Waals surface area contributed by atoms with Gasteiger partial charge >= 0.3 is 11.9 Å². The number of fused-ring (bicyclic) bond motifs is 2. The molecule has 2 aromatic rings. The monoisotopic (exact) mass is 530 g/mol. The molecule has 0 saturated carbocycles. The number of nitrogens with one attached hydrogen (secondary N) is 1. The summed E-state index contributed by atoms with van der Waals surface area (Å²) in [6.07, 6.45) is 6.78. The number of esters is 1. The van der Waals surface area contributed by atoms with E-state index in [-0.39, 0.29) is 12.4 Å². The molecule has 198 valence electrons. The largest absolute Gasteiger partial charge is 0.487 e. The third-order valence-corrected chi connectivity index (χ3v) is 5.25. The first-order chi connectivity index (χ1) is 18.0. The maximum Gasteiger partial charge on any atom is 0.331 e. The SMILES string of the molecule is CCOC(=O)/C=C/CNCCCCN1c2cc(Cl)ccc2COc2ccccc21.O=CO/C=C\C(=O)O. The summed E-state index contributed by atoms with van der Waals surface area (Å²) in [4.78, 5) is 32.5. The number of hydrogen-bond acceptors (Lipinski definition) is 8. The Bertz CT molecular complexity index is 1090. The molecule has 1 aliphatic heterocycles. The smallest absolute Gasteiger partial charge is 0.331 e. The van der Waals surface area contributed by atoms with Crippen molar-refractivity contribution in [1.29, 1.82) is 0 Å². The van der Waals surface area contributed by atoms with E-state index in [0.29, 0.717) is 25.8 Å². The normalized spacial score (nSPS) is 12.0. The van der Waals surface area contributed by atoms with Crippen LogP contribution in [-0.4, -0.2) is 49.8 Å². The van der Waals surface area contributed by atoms with E-state index in [9.17, 15) is 14.4 Å². The summed E-state index contributed by atoms with van der Waals surface area (Å²) >= 11 is 6.28. The molecule has 2 N–H and O–H groups in total. The predicted octanol–water partition coefficient (Wildman–Crippen LogP) is 4.62. The number of hydrogen-bond donors (Lipinski definition) is 2. The number of carboxylic acids is 1. The Kier molecular flexibility index (Phi) is 13.3. The highest BCUT2D eigenvalue weighted by atomic mass is 35.5. The fourth-order valence-corrected chi connectivity index (χ4v) is 3.59. The lowest BCUT2D eigenvalue weighted by Crippen LogP contribution is -2.21. The molecule has 3 rings (SSSR count). The molecule has 0 saturated heterocycles. The number of carboxylic acid groups (broad SMARTS) is 1. The van der Waals surface area contributed by atoms with E-state index >= 15 is 0 Å². The van der Waals surface area contributed by atoms with Crippen LogP contribution in [0.4, 0.5) is 11.4 Å². The number of unbranched alkanes of at least 4 members (excludes halogenated alkanes) is 1. The minimum absolute atomic E-state index is 0.138. The number of rotatable bonds is 12. The maximum atomic E-state index is 11.2. The number of anilines is 2. The van der Waals surface area contributed by atoms with Crippen molar-refractivity contribution in [2.24, 2.45) is 0 Å². The van der Waals surface area contributed by atoms with Crippen molar-refractivity contribution in [1.82, 2.24) is 5.32 Å². The lowest BCUT2D eigenvalue weighted by atomic mass is 10.1. The average molecular weight is 531 g/mol. The summed E-state index contributed by atoms with van der Waals surface area (Å²) in [5, 5.41) is 11.9. The van der Waals surface area contributed by atoms with Gasteiger partial charge in [-0.25, -0.2) is 9.59 Å². The zero-order valence-corrected chi connectivity index (χ0v) is 21.4. The van der Waals surface area contributed by atoms with Crippen molar-refractivity contribution in [3.8, 4) is 5.75 Å². The minimum Gasteiger partial charge on any atom is -0.487 e. The van der Waals surface area contributed by atoms with Gasteiger partial charge in [-0.05, 0) is 50.6 Å². The number of aliphatic carboxylic acids is 1. The van der Waals surface area contributed by atoms with Crippen LogP contribution in [0.2, 0.25) is 5.02 Å². The first kappa shape index (κ1) is 29.4. The van der Waals surface area contributed by atoms with Crippen LogP contribution in [0.5, 0.6) is 5.75 Å². The van der Waals surface area contributed by atoms with Gasteiger partial charge in [0.1, 0.15) is 18.6 Å². The second-order valence-electron chi connectivity index (χ2n) is 7.62. The summed E-state index contributed by atoms with van der Waals surface area (Å²) in [5.74, 6) is -0.553. The Morgan fingerprint density at radius 2 is 1.97 bits per heavy atom. The van der Waals surface area contributed by atoms with Gasteiger partial charge in [0.05, 0.1) is 18.4 Å². The molecule has 0 unspecified atom stereocenters. The van der Waals surface area contributed by atoms with Crippen molar-refractivity contribution >= 4 is 41.4 Å². The zero-order valence-electron chi connectivity index (χ0n) is 20.6. The van der Waals surface area contributed by atoms with Crippen molar-refractivity contribution < 1.29 is 33.7 Å². The van der Waals surface area contributed by atoms with Crippen LogP contribution in [0.15, 0.2) is 67.0 Å². The van der Waals surface area contributed by atoms with E-state index in [4.69, 9.17) is 26.2 Å². The number of halogens is 1. The van der Waals surface area contributed by atoms with Gasteiger partial charge in [0.25, 0.3) is 6.47 Å². The van der Waals surface area contributed by atoms with Gasteiger partial charge in [-0.3, -0.25) is 4.79 Å². The number of para-hydroxylation sites is 2. The summed E-state index contributed by atoms with van der Waals surface area (Å²) in [5.41, 5.74) is 3.31. The van der Waals surface area contributed by atoms with Crippen LogP contribution in [0, 0.1) is 0 Å². The van der Waals surface area contributed by atoms with E-state index in [2.05, 4.69) is 21.0 Å². The second-order valence-corrected chi connectivity index (χ2v) is 8.06. The third kappa shape index (κ3) is 10.8. The minimum atomic E-state index is -1.15. The summed E-state index contributed by atoms with van der Waals surface area (Å²) in [6.45, 7) is 5.27. The highest BCUT2D eigenvalue weighted by molar-refractivity contribution is 6.30. The summed E-state index contributed by atoms with van der Waals surface area (Å²) in [6, 6.07) is 14.1. The van der Waals surface area contributed by atoms with Gasteiger partial charge < -0.3 is 29.5 Å². The van der Waals surface area contributed by atoms with Crippen molar-refractivity contribution in [2.45, 2.75) is 26.4 Å². The molecule has 0 amide bonds. The molecule has 10 heteroatoms. The Morgan fingerprint density at radius 3 is 2.73 bits per heavy atom. The lowest BCUT2D eigenvalue weighted by Gasteiger charge is -2.26. The molecular formula is C27H31ClN2O7. The standard InChI is InChI=1S/C23H27ClN2O3.C4H4O4/c1-2-28-23(27)10-7-14-25-13-5-6-15-26-20-8-3-4-9-22(20)29-17-18-11-12-19(24)16-21(18)26;5-3-8-2-1-4(6)7/h3-4,7-12,16,25H,2,5-6,13-15,17H2,1H3;1-3H,(H,6,7)/b10-7+;2-1-. The predicted molar refractivity (Wildman–Crippen MR) is 141 cm³/mol. The number of carbonyl (C=O) groups excluding carboxylic acids is 2. The van der Waals surface area contributed by atoms with Gasteiger partial charge in [-0.1, -0.05) is 35.9 Å². The third-order valence-electron chi connectivity index (χ3n) is 5.01. The molecule has 0 fully saturated rings. The quantitative estimate of drug-likeness (QED) is 0.133. The number of ether oxygens (including phenoxy) is 3. The number of carbonyl (C=O) groups is 3. The molecule has 0 aliphatic carbocycles. The van der Waals surface area contributed by atoms with Crippen LogP contribution in [-0.2, 0) is 30.5 Å². The highest BCUT2D eigenvalue weighted by Gasteiger charge is 2.21. The molecule has 0 spiro atoms. The van der Waals surface area contributed by atoms with Crippen molar-refractivity contribution in [3.05, 3.63) is 77.5 Å². The Hall–Kier alpha value is -3.82. The summed E-state index contributed by atoms with van der Waals surface area (Å²) < 4.78 is 14.8. The Morgan fingerprint density at radius 1 is 1.16 bits per heavy atom. The van der Waals surface area contributed by atoms with E-state index < -0.39 is 5.97 Å². The zero-order chi connectivity index (χ0) is 26.9. The van der Waals surface area contributed by atoms with Crippen LogP contribution < -0.4 is 15.0 Å².